The van der Waals surface area contributed by atoms with E-state index in [2.05, 4.69) is 37.4 Å². The molecule has 4 nitrogen and oxygen atoms in total. The monoisotopic (exact) mass is 441 g/mol. The second-order valence-corrected chi connectivity index (χ2v) is 8.68. The molecule has 0 saturated carbocycles. The van der Waals surface area contributed by atoms with E-state index in [1.54, 1.807) is 24.3 Å². The molecule has 4 aromatic rings. The first-order valence-corrected chi connectivity index (χ1v) is 11.5. The normalized spacial score (nSPS) is 11.2. The number of benzene rings is 4. The van der Waals surface area contributed by atoms with Crippen LogP contribution in [0.25, 0.3) is 21.9 Å². The standard InChI is InChI=1S/C29H31NO3/c1-20(2)30-16-3-17-33-26-12-4-21(5-13-26)18-29-27(22-6-9-24(31)10-7-22)14-8-23-19-25(32)11-15-28(23)29/h4-15,19-20,30-32H,3,16-18H2,1-2H3. The molecule has 0 atom stereocenters. The van der Waals surface area contributed by atoms with Crippen molar-refractivity contribution in [3.05, 3.63) is 90.0 Å². The Bertz CT molecular complexity index is 1200. The van der Waals surface area contributed by atoms with Crippen LogP contribution < -0.4 is 10.1 Å². The van der Waals surface area contributed by atoms with E-state index in [-0.39, 0.29) is 11.5 Å². The minimum Gasteiger partial charge on any atom is -0.508 e. The van der Waals surface area contributed by atoms with E-state index < -0.39 is 0 Å². The summed E-state index contributed by atoms with van der Waals surface area (Å²) >= 11 is 0. The number of phenols is 2. The molecule has 0 aliphatic rings. The minimum absolute atomic E-state index is 0.251. The lowest BCUT2D eigenvalue weighted by Gasteiger charge is -2.15. The summed E-state index contributed by atoms with van der Waals surface area (Å²) in [5.74, 6) is 1.39. The third kappa shape index (κ3) is 5.85. The summed E-state index contributed by atoms with van der Waals surface area (Å²) < 4.78 is 5.89. The third-order valence-corrected chi connectivity index (χ3v) is 5.74. The highest BCUT2D eigenvalue weighted by atomic mass is 16.5. The summed E-state index contributed by atoms with van der Waals surface area (Å²) in [7, 11) is 0. The van der Waals surface area contributed by atoms with Crippen LogP contribution in [0.15, 0.2) is 78.9 Å². The molecule has 4 rings (SSSR count). The fraction of sp³-hybridized carbons (Fsp3) is 0.241. The van der Waals surface area contributed by atoms with Crippen LogP contribution in [0.3, 0.4) is 0 Å². The molecule has 4 heteroatoms. The molecule has 0 saturated heterocycles. The Hall–Kier alpha value is -3.50. The van der Waals surface area contributed by atoms with Gasteiger partial charge in [0.15, 0.2) is 0 Å². The second-order valence-electron chi connectivity index (χ2n) is 8.68. The Balaban J connectivity index is 1.57. The molecule has 0 heterocycles. The average molecular weight is 442 g/mol. The van der Waals surface area contributed by atoms with Crippen LogP contribution in [-0.2, 0) is 6.42 Å². The molecule has 33 heavy (non-hydrogen) atoms. The number of fused-ring (bicyclic) bond motifs is 1. The summed E-state index contributed by atoms with van der Waals surface area (Å²) in [6.07, 6.45) is 1.72. The van der Waals surface area contributed by atoms with Crippen LogP contribution in [0.2, 0.25) is 0 Å². The molecule has 4 aromatic carbocycles. The molecular formula is C29H31NO3. The predicted molar refractivity (Wildman–Crippen MR) is 135 cm³/mol. The topological polar surface area (TPSA) is 61.7 Å². The van der Waals surface area contributed by atoms with Crippen molar-refractivity contribution in [2.75, 3.05) is 13.2 Å². The zero-order chi connectivity index (χ0) is 23.2. The minimum atomic E-state index is 0.251. The van der Waals surface area contributed by atoms with Crippen LogP contribution in [-0.4, -0.2) is 29.4 Å². The van der Waals surface area contributed by atoms with E-state index in [1.807, 2.05) is 36.4 Å². The van der Waals surface area contributed by atoms with Crippen LogP contribution >= 0.6 is 0 Å². The Kier molecular flexibility index (Phi) is 7.16. The number of phenolic OH excluding ortho intramolecular Hbond substituents is 2. The molecule has 170 valence electrons. The largest absolute Gasteiger partial charge is 0.508 e. The van der Waals surface area contributed by atoms with Crippen LogP contribution in [0, 0.1) is 0 Å². The smallest absolute Gasteiger partial charge is 0.119 e. The van der Waals surface area contributed by atoms with Crippen molar-refractivity contribution in [3.63, 3.8) is 0 Å². The van der Waals surface area contributed by atoms with Gasteiger partial charge in [0.2, 0.25) is 0 Å². The van der Waals surface area contributed by atoms with Gasteiger partial charge >= 0.3 is 0 Å². The quantitative estimate of drug-likeness (QED) is 0.268. The third-order valence-electron chi connectivity index (χ3n) is 5.74. The molecule has 0 amide bonds. The van der Waals surface area contributed by atoms with Crippen molar-refractivity contribution < 1.29 is 14.9 Å². The van der Waals surface area contributed by atoms with Gasteiger partial charge in [-0.05, 0) is 88.8 Å². The van der Waals surface area contributed by atoms with Crippen molar-refractivity contribution in [3.8, 4) is 28.4 Å². The lowest BCUT2D eigenvalue weighted by Crippen LogP contribution is -2.24. The van der Waals surface area contributed by atoms with E-state index in [1.165, 1.54) is 11.1 Å². The molecule has 0 bridgehead atoms. The first-order valence-electron chi connectivity index (χ1n) is 11.5. The van der Waals surface area contributed by atoms with Gasteiger partial charge in [-0.3, -0.25) is 0 Å². The molecule has 0 aliphatic heterocycles. The zero-order valence-corrected chi connectivity index (χ0v) is 19.2. The predicted octanol–water partition coefficient (Wildman–Crippen LogP) is 6.28. The van der Waals surface area contributed by atoms with Gasteiger partial charge in [0.1, 0.15) is 17.2 Å². The van der Waals surface area contributed by atoms with Gasteiger partial charge in [0.05, 0.1) is 6.61 Å². The fourth-order valence-electron chi connectivity index (χ4n) is 4.04. The number of rotatable bonds is 9. The van der Waals surface area contributed by atoms with Crippen LogP contribution in [0.4, 0.5) is 0 Å². The van der Waals surface area contributed by atoms with E-state index in [0.717, 1.165) is 47.0 Å². The summed E-state index contributed by atoms with van der Waals surface area (Å²) in [4.78, 5) is 0. The SMILES string of the molecule is CC(C)NCCCOc1ccc(Cc2c(-c3ccc(O)cc3)ccc3cc(O)ccc23)cc1. The molecule has 0 aliphatic carbocycles. The van der Waals surface area contributed by atoms with Gasteiger partial charge in [-0.2, -0.15) is 0 Å². The molecular weight excluding hydrogens is 410 g/mol. The highest BCUT2D eigenvalue weighted by Gasteiger charge is 2.12. The first kappa shape index (κ1) is 22.7. The number of hydrogen-bond acceptors (Lipinski definition) is 4. The highest BCUT2D eigenvalue weighted by molar-refractivity contribution is 5.93. The maximum Gasteiger partial charge on any atom is 0.119 e. The summed E-state index contributed by atoms with van der Waals surface area (Å²) in [6, 6.07) is 25.7. The van der Waals surface area contributed by atoms with Gasteiger partial charge in [-0.25, -0.2) is 0 Å². The number of aromatic hydroxyl groups is 2. The first-order chi connectivity index (χ1) is 16.0. The van der Waals surface area contributed by atoms with E-state index in [0.29, 0.717) is 12.6 Å². The molecule has 0 aromatic heterocycles. The van der Waals surface area contributed by atoms with Gasteiger partial charge in [-0.1, -0.05) is 56.3 Å². The van der Waals surface area contributed by atoms with E-state index in [4.69, 9.17) is 4.74 Å². The number of hydrogen-bond donors (Lipinski definition) is 3. The van der Waals surface area contributed by atoms with Crippen molar-refractivity contribution >= 4 is 10.8 Å². The lowest BCUT2D eigenvalue weighted by molar-refractivity contribution is 0.306. The molecule has 3 N–H and O–H groups in total. The summed E-state index contributed by atoms with van der Waals surface area (Å²) in [6.45, 7) is 5.93. The summed E-state index contributed by atoms with van der Waals surface area (Å²) in [5.41, 5.74) is 4.54. The number of ether oxygens (including phenoxy) is 1. The number of nitrogens with one attached hydrogen (secondary N) is 1. The van der Waals surface area contributed by atoms with Gasteiger partial charge in [0.25, 0.3) is 0 Å². The van der Waals surface area contributed by atoms with Gasteiger partial charge in [0, 0.05) is 6.04 Å². The van der Waals surface area contributed by atoms with Gasteiger partial charge in [-0.15, -0.1) is 0 Å². The molecule has 0 spiro atoms. The second kappa shape index (κ2) is 10.4. The maximum absolute atomic E-state index is 9.94. The van der Waals surface area contributed by atoms with Gasteiger partial charge < -0.3 is 20.3 Å². The van der Waals surface area contributed by atoms with Crippen LogP contribution in [0.5, 0.6) is 17.2 Å². The van der Waals surface area contributed by atoms with E-state index in [9.17, 15) is 10.2 Å². The van der Waals surface area contributed by atoms with Crippen molar-refractivity contribution in [1.29, 1.82) is 0 Å². The average Bonchev–Trinajstić information content (AvgIpc) is 2.80. The Morgan fingerprint density at radius 2 is 1.55 bits per heavy atom. The van der Waals surface area contributed by atoms with Crippen molar-refractivity contribution in [2.45, 2.75) is 32.7 Å². The Morgan fingerprint density at radius 1 is 0.818 bits per heavy atom. The summed E-state index contributed by atoms with van der Waals surface area (Å²) in [5, 5.41) is 25.2. The highest BCUT2D eigenvalue weighted by Crippen LogP contribution is 2.34. The lowest BCUT2D eigenvalue weighted by atomic mass is 9.90. The molecule has 0 radical (unpaired) electrons. The van der Waals surface area contributed by atoms with E-state index >= 15 is 0 Å². The Labute approximate surface area is 195 Å². The molecule has 0 unspecified atom stereocenters. The molecule has 0 fully saturated rings. The van der Waals surface area contributed by atoms with Crippen molar-refractivity contribution in [1.82, 2.24) is 5.32 Å². The van der Waals surface area contributed by atoms with Crippen molar-refractivity contribution in [2.24, 2.45) is 0 Å². The maximum atomic E-state index is 9.94. The Morgan fingerprint density at radius 3 is 2.27 bits per heavy atom. The zero-order valence-electron chi connectivity index (χ0n) is 19.2. The van der Waals surface area contributed by atoms with Crippen LogP contribution in [0.1, 0.15) is 31.4 Å². The fourth-order valence-corrected chi connectivity index (χ4v) is 4.04.